The molecule has 106 valence electrons. The van der Waals surface area contributed by atoms with Crippen LogP contribution >= 0.6 is 0 Å². The number of halogens is 1. The molecule has 0 atom stereocenters. The molecule has 0 bridgehead atoms. The first kappa shape index (κ1) is 12.8. The van der Waals surface area contributed by atoms with E-state index < -0.39 is 0 Å². The van der Waals surface area contributed by atoms with Gasteiger partial charge in [-0.3, -0.25) is 4.57 Å². The molecular formula is C19H13FN2. The molecule has 3 heteroatoms. The molecule has 2 nitrogen and oxygen atoms in total. The van der Waals surface area contributed by atoms with Crippen LogP contribution in [0, 0.1) is 5.82 Å². The van der Waals surface area contributed by atoms with Crippen LogP contribution in [0.5, 0.6) is 0 Å². The molecule has 0 aliphatic rings. The van der Waals surface area contributed by atoms with Gasteiger partial charge < -0.3 is 0 Å². The van der Waals surface area contributed by atoms with Gasteiger partial charge in [0.1, 0.15) is 11.6 Å². The third-order valence-electron chi connectivity index (χ3n) is 3.66. The molecule has 0 N–H and O–H groups in total. The van der Waals surface area contributed by atoms with Crippen molar-refractivity contribution >= 4 is 11.0 Å². The average molecular weight is 288 g/mol. The number of hydrogen-bond acceptors (Lipinski definition) is 1. The fraction of sp³-hybridized carbons (Fsp3) is 0. The summed E-state index contributed by atoms with van der Waals surface area (Å²) in [6, 6.07) is 24.5. The van der Waals surface area contributed by atoms with Crippen LogP contribution in [0.1, 0.15) is 0 Å². The molecule has 0 unspecified atom stereocenters. The number of nitrogens with zero attached hydrogens (tertiary/aromatic N) is 2. The van der Waals surface area contributed by atoms with E-state index in [0.717, 1.165) is 28.1 Å². The molecule has 1 aromatic heterocycles. The van der Waals surface area contributed by atoms with Crippen molar-refractivity contribution in [1.29, 1.82) is 0 Å². The number of rotatable bonds is 2. The van der Waals surface area contributed by atoms with Crippen LogP contribution in [0.3, 0.4) is 0 Å². The van der Waals surface area contributed by atoms with E-state index in [9.17, 15) is 4.39 Å². The molecule has 4 aromatic rings. The van der Waals surface area contributed by atoms with Crippen LogP contribution in [0.25, 0.3) is 28.1 Å². The number of hydrogen-bond donors (Lipinski definition) is 0. The average Bonchev–Trinajstić information content (AvgIpc) is 2.95. The van der Waals surface area contributed by atoms with Crippen molar-refractivity contribution in [2.45, 2.75) is 0 Å². The highest BCUT2D eigenvalue weighted by molar-refractivity contribution is 5.83. The van der Waals surface area contributed by atoms with Crippen molar-refractivity contribution in [2.24, 2.45) is 0 Å². The molecule has 0 fully saturated rings. The number of benzene rings is 3. The lowest BCUT2D eigenvalue weighted by molar-refractivity contribution is 0.628. The fourth-order valence-corrected chi connectivity index (χ4v) is 2.69. The second-order valence-corrected chi connectivity index (χ2v) is 5.11. The van der Waals surface area contributed by atoms with Gasteiger partial charge in [0.25, 0.3) is 0 Å². The Morgan fingerprint density at radius 1 is 0.773 bits per heavy atom. The third kappa shape index (κ3) is 2.07. The van der Waals surface area contributed by atoms with Crippen molar-refractivity contribution in [1.82, 2.24) is 9.55 Å². The zero-order valence-corrected chi connectivity index (χ0v) is 11.8. The molecule has 1 heterocycles. The highest BCUT2D eigenvalue weighted by Gasteiger charge is 2.14. The minimum Gasteiger partial charge on any atom is -0.292 e. The topological polar surface area (TPSA) is 17.8 Å². The first-order valence-corrected chi connectivity index (χ1v) is 7.12. The summed E-state index contributed by atoms with van der Waals surface area (Å²) < 4.78 is 15.7. The number of para-hydroxylation sites is 3. The van der Waals surface area contributed by atoms with Gasteiger partial charge in [0.05, 0.1) is 11.0 Å². The Kier molecular flexibility index (Phi) is 2.97. The van der Waals surface area contributed by atoms with E-state index in [1.165, 1.54) is 12.1 Å². The molecular weight excluding hydrogens is 275 g/mol. The highest BCUT2D eigenvalue weighted by Crippen LogP contribution is 2.28. The van der Waals surface area contributed by atoms with Gasteiger partial charge in [-0.2, -0.15) is 0 Å². The number of fused-ring (bicyclic) bond motifs is 1. The summed E-state index contributed by atoms with van der Waals surface area (Å²) in [6.45, 7) is 0. The van der Waals surface area contributed by atoms with Gasteiger partial charge in [0.2, 0.25) is 0 Å². The first-order valence-electron chi connectivity index (χ1n) is 7.12. The lowest BCUT2D eigenvalue weighted by Crippen LogP contribution is -1.97. The molecule has 0 radical (unpaired) electrons. The maximum absolute atomic E-state index is 13.6. The van der Waals surface area contributed by atoms with Crippen molar-refractivity contribution in [3.8, 4) is 17.1 Å². The molecule has 0 aliphatic heterocycles. The summed E-state index contributed by atoms with van der Waals surface area (Å²) in [6.07, 6.45) is 0. The van der Waals surface area contributed by atoms with Crippen LogP contribution in [0.4, 0.5) is 4.39 Å². The highest BCUT2D eigenvalue weighted by atomic mass is 19.1. The van der Waals surface area contributed by atoms with Crippen LogP contribution in [0.15, 0.2) is 78.9 Å². The summed E-state index contributed by atoms with van der Waals surface area (Å²) >= 11 is 0. The van der Waals surface area contributed by atoms with E-state index in [0.29, 0.717) is 0 Å². The van der Waals surface area contributed by atoms with Gasteiger partial charge in [-0.15, -0.1) is 0 Å². The predicted octanol–water partition coefficient (Wildman–Crippen LogP) is 4.83. The van der Waals surface area contributed by atoms with Crippen molar-refractivity contribution < 1.29 is 4.39 Å². The van der Waals surface area contributed by atoms with E-state index in [1.807, 2.05) is 60.7 Å². The summed E-state index contributed by atoms with van der Waals surface area (Å²) in [4.78, 5) is 4.70. The predicted molar refractivity (Wildman–Crippen MR) is 86.5 cm³/mol. The van der Waals surface area contributed by atoms with Gasteiger partial charge in [-0.25, -0.2) is 9.37 Å². The van der Waals surface area contributed by atoms with E-state index >= 15 is 0 Å². The quantitative estimate of drug-likeness (QED) is 0.516. The second-order valence-electron chi connectivity index (χ2n) is 5.11. The maximum atomic E-state index is 13.6. The molecule has 0 saturated heterocycles. The number of imidazole rings is 1. The molecule has 0 saturated carbocycles. The monoisotopic (exact) mass is 288 g/mol. The minimum atomic E-state index is -0.260. The molecule has 0 spiro atoms. The standard InChI is InChI=1S/C19H13FN2/c20-15-8-6-7-14(13-15)19-21-17-11-4-5-12-18(17)22(19)16-9-2-1-3-10-16/h1-13H. The Morgan fingerprint density at radius 2 is 1.55 bits per heavy atom. The second kappa shape index (κ2) is 5.11. The Labute approximate surface area is 127 Å². The van der Waals surface area contributed by atoms with E-state index in [-0.39, 0.29) is 5.82 Å². The lowest BCUT2D eigenvalue weighted by Gasteiger charge is -2.09. The Hall–Kier alpha value is -2.94. The SMILES string of the molecule is Fc1cccc(-c2nc3ccccc3n2-c2ccccc2)c1. The molecule has 0 amide bonds. The molecule has 4 rings (SSSR count). The number of aromatic nitrogens is 2. The van der Waals surface area contributed by atoms with E-state index in [2.05, 4.69) is 4.57 Å². The fourth-order valence-electron chi connectivity index (χ4n) is 2.69. The smallest absolute Gasteiger partial charge is 0.145 e. The Balaban J connectivity index is 2.06. The van der Waals surface area contributed by atoms with Crippen LogP contribution < -0.4 is 0 Å². The molecule has 3 aromatic carbocycles. The largest absolute Gasteiger partial charge is 0.292 e. The zero-order valence-electron chi connectivity index (χ0n) is 11.8. The lowest BCUT2D eigenvalue weighted by atomic mass is 10.2. The van der Waals surface area contributed by atoms with Gasteiger partial charge in [0, 0.05) is 11.3 Å². The maximum Gasteiger partial charge on any atom is 0.145 e. The molecule has 0 aliphatic carbocycles. The summed E-state index contributed by atoms with van der Waals surface area (Å²) in [7, 11) is 0. The Morgan fingerprint density at radius 3 is 2.36 bits per heavy atom. The van der Waals surface area contributed by atoms with Gasteiger partial charge in [-0.05, 0) is 36.4 Å². The first-order chi connectivity index (χ1) is 10.8. The van der Waals surface area contributed by atoms with E-state index in [1.54, 1.807) is 6.07 Å². The van der Waals surface area contributed by atoms with Crippen molar-refractivity contribution in [3.63, 3.8) is 0 Å². The molecule has 22 heavy (non-hydrogen) atoms. The minimum absolute atomic E-state index is 0.260. The van der Waals surface area contributed by atoms with Gasteiger partial charge in [0.15, 0.2) is 0 Å². The zero-order chi connectivity index (χ0) is 14.9. The Bertz CT molecular complexity index is 942. The van der Waals surface area contributed by atoms with Crippen LogP contribution in [-0.4, -0.2) is 9.55 Å². The third-order valence-corrected chi connectivity index (χ3v) is 3.66. The van der Waals surface area contributed by atoms with Crippen LogP contribution in [0.2, 0.25) is 0 Å². The van der Waals surface area contributed by atoms with Crippen molar-refractivity contribution in [2.75, 3.05) is 0 Å². The van der Waals surface area contributed by atoms with Crippen molar-refractivity contribution in [3.05, 3.63) is 84.7 Å². The normalized spacial score (nSPS) is 11.0. The van der Waals surface area contributed by atoms with Crippen LogP contribution in [-0.2, 0) is 0 Å². The summed E-state index contributed by atoms with van der Waals surface area (Å²) in [5.41, 5.74) is 3.68. The van der Waals surface area contributed by atoms with Gasteiger partial charge >= 0.3 is 0 Å². The van der Waals surface area contributed by atoms with E-state index in [4.69, 9.17) is 4.98 Å². The van der Waals surface area contributed by atoms with Gasteiger partial charge in [-0.1, -0.05) is 42.5 Å². The summed E-state index contributed by atoms with van der Waals surface area (Å²) in [5, 5.41) is 0. The summed E-state index contributed by atoms with van der Waals surface area (Å²) in [5.74, 6) is 0.482.